The molecule has 2 aliphatic heterocycles. The molecule has 2 aromatic rings. The van der Waals surface area contributed by atoms with Gasteiger partial charge in [0.05, 0.1) is 12.1 Å². The number of piperidine rings is 1. The summed E-state index contributed by atoms with van der Waals surface area (Å²) in [5, 5.41) is 6.72. The maximum atomic E-state index is 14.1. The summed E-state index contributed by atoms with van der Waals surface area (Å²) in [5.74, 6) is 0.151. The Balaban J connectivity index is 1.30. The number of carbonyl (C=O) groups excluding carboxylic acids is 1. The van der Waals surface area contributed by atoms with Crippen molar-refractivity contribution in [1.29, 1.82) is 0 Å². The van der Waals surface area contributed by atoms with Gasteiger partial charge in [-0.05, 0) is 30.0 Å². The molecule has 1 aliphatic carbocycles. The highest BCUT2D eigenvalue weighted by atomic mass is 19.1. The van der Waals surface area contributed by atoms with Crippen LogP contribution in [0.5, 0.6) is 0 Å². The molecule has 1 saturated carbocycles. The van der Waals surface area contributed by atoms with Gasteiger partial charge in [-0.1, -0.05) is 61.7 Å². The smallest absolute Gasteiger partial charge is 0.318 e. The zero-order chi connectivity index (χ0) is 19.8. The average Bonchev–Trinajstić information content (AvgIpc) is 2.76. The number of amides is 2. The fourth-order valence-electron chi connectivity index (χ4n) is 5.40. The van der Waals surface area contributed by atoms with Crippen molar-refractivity contribution in [1.82, 2.24) is 15.5 Å². The molecule has 1 unspecified atom stereocenters. The second kappa shape index (κ2) is 7.79. The number of benzene rings is 2. The molecule has 4 nitrogen and oxygen atoms in total. The highest BCUT2D eigenvalue weighted by molar-refractivity contribution is 5.77. The van der Waals surface area contributed by atoms with Crippen LogP contribution in [0.2, 0.25) is 0 Å². The second-order valence-corrected chi connectivity index (χ2v) is 8.61. The van der Waals surface area contributed by atoms with Crippen LogP contribution in [0.15, 0.2) is 48.5 Å². The largest absolute Gasteiger partial charge is 0.335 e. The van der Waals surface area contributed by atoms with Gasteiger partial charge in [0.1, 0.15) is 5.82 Å². The molecule has 0 spiro atoms. The Morgan fingerprint density at radius 1 is 0.966 bits per heavy atom. The van der Waals surface area contributed by atoms with Crippen LogP contribution < -0.4 is 10.6 Å². The first kappa shape index (κ1) is 18.6. The van der Waals surface area contributed by atoms with E-state index >= 15 is 0 Å². The fraction of sp³-hybridized carbons (Fsp3) is 0.458. The molecule has 0 radical (unpaired) electrons. The number of nitrogens with one attached hydrogen (secondary N) is 2. The van der Waals surface area contributed by atoms with E-state index in [1.54, 1.807) is 6.07 Å². The van der Waals surface area contributed by atoms with E-state index in [0.717, 1.165) is 31.5 Å². The maximum Gasteiger partial charge on any atom is 0.318 e. The molecule has 2 amide bonds. The van der Waals surface area contributed by atoms with Crippen molar-refractivity contribution in [2.24, 2.45) is 0 Å². The lowest BCUT2D eigenvalue weighted by Crippen LogP contribution is -2.75. The minimum atomic E-state index is -0.199. The van der Waals surface area contributed by atoms with E-state index in [1.807, 2.05) is 24.3 Å². The summed E-state index contributed by atoms with van der Waals surface area (Å²) in [6.07, 6.45) is 5.94. The Morgan fingerprint density at radius 3 is 2.34 bits per heavy atom. The van der Waals surface area contributed by atoms with E-state index in [1.165, 1.54) is 30.9 Å². The highest BCUT2D eigenvalue weighted by Crippen LogP contribution is 2.43. The summed E-state index contributed by atoms with van der Waals surface area (Å²) >= 11 is 0. The number of rotatable bonds is 3. The molecule has 5 heteroatoms. The van der Waals surface area contributed by atoms with Crippen molar-refractivity contribution in [3.8, 4) is 11.1 Å². The van der Waals surface area contributed by atoms with Crippen LogP contribution in [0.25, 0.3) is 11.1 Å². The molecule has 2 saturated heterocycles. The molecule has 2 N–H and O–H groups in total. The van der Waals surface area contributed by atoms with Gasteiger partial charge in [0.15, 0.2) is 0 Å². The quantitative estimate of drug-likeness (QED) is 0.818. The summed E-state index contributed by atoms with van der Waals surface area (Å²) in [6, 6.07) is 15.9. The Kier molecular flexibility index (Phi) is 5.00. The van der Waals surface area contributed by atoms with Crippen LogP contribution in [-0.4, -0.2) is 42.1 Å². The third-order valence-corrected chi connectivity index (χ3v) is 6.90. The van der Waals surface area contributed by atoms with Crippen LogP contribution in [0.1, 0.15) is 43.6 Å². The van der Waals surface area contributed by atoms with Gasteiger partial charge in [0.2, 0.25) is 0 Å². The first-order valence-electron chi connectivity index (χ1n) is 10.9. The maximum absolute atomic E-state index is 14.1. The molecule has 2 bridgehead atoms. The molecule has 3 atom stereocenters. The van der Waals surface area contributed by atoms with Crippen molar-refractivity contribution in [3.05, 3.63) is 59.9 Å². The Morgan fingerprint density at radius 2 is 1.66 bits per heavy atom. The predicted octanol–water partition coefficient (Wildman–Crippen LogP) is 4.27. The van der Waals surface area contributed by atoms with Crippen LogP contribution in [0.4, 0.5) is 9.18 Å². The van der Waals surface area contributed by atoms with Gasteiger partial charge in [-0.25, -0.2) is 9.18 Å². The summed E-state index contributed by atoms with van der Waals surface area (Å²) in [4.78, 5) is 15.0. The number of halogens is 1. The van der Waals surface area contributed by atoms with Crippen LogP contribution in [0.3, 0.4) is 0 Å². The minimum absolute atomic E-state index is 0.104. The molecule has 3 fully saturated rings. The van der Waals surface area contributed by atoms with Crippen LogP contribution in [0, 0.1) is 5.82 Å². The lowest BCUT2D eigenvalue weighted by Gasteiger charge is -2.59. The first-order valence-corrected chi connectivity index (χ1v) is 10.9. The van der Waals surface area contributed by atoms with E-state index in [2.05, 4.69) is 27.7 Å². The second-order valence-electron chi connectivity index (χ2n) is 8.61. The van der Waals surface area contributed by atoms with E-state index in [4.69, 9.17) is 0 Å². The van der Waals surface area contributed by atoms with Crippen molar-refractivity contribution >= 4 is 6.03 Å². The van der Waals surface area contributed by atoms with Gasteiger partial charge >= 0.3 is 6.03 Å². The average molecular weight is 394 g/mol. The zero-order valence-corrected chi connectivity index (χ0v) is 16.6. The van der Waals surface area contributed by atoms with E-state index in [9.17, 15) is 9.18 Å². The van der Waals surface area contributed by atoms with Crippen molar-refractivity contribution in [2.75, 3.05) is 13.1 Å². The molecular weight excluding hydrogens is 365 g/mol. The number of hydrogen-bond acceptors (Lipinski definition) is 2. The van der Waals surface area contributed by atoms with E-state index in [0.29, 0.717) is 17.5 Å². The summed E-state index contributed by atoms with van der Waals surface area (Å²) in [5.41, 5.74) is 2.76. The summed E-state index contributed by atoms with van der Waals surface area (Å²) < 4.78 is 14.1. The number of carbonyl (C=O) groups is 1. The van der Waals surface area contributed by atoms with E-state index in [-0.39, 0.29) is 23.9 Å². The normalized spacial score (nSPS) is 26.7. The van der Waals surface area contributed by atoms with Gasteiger partial charge < -0.3 is 15.5 Å². The standard InChI is InChI=1S/C24H28FN3O/c25-20-9-5-4-8-19(20)16-10-12-17(13-11-16)23-21-14-26-15-22(23)28(21)24(29)27-18-6-2-1-3-7-18/h4-5,8-13,18,21-23,26H,1-3,6-7,14-15H2,(H,27,29)/t21-,22+,23?. The van der Waals surface area contributed by atoms with Gasteiger partial charge in [0.25, 0.3) is 0 Å². The third kappa shape index (κ3) is 3.42. The van der Waals surface area contributed by atoms with Crippen molar-refractivity contribution in [3.63, 3.8) is 0 Å². The van der Waals surface area contributed by atoms with Gasteiger partial charge in [-0.3, -0.25) is 0 Å². The number of piperazine rings is 1. The lowest BCUT2D eigenvalue weighted by molar-refractivity contribution is -0.00491. The molecular formula is C24H28FN3O. The lowest BCUT2D eigenvalue weighted by atomic mass is 9.72. The molecule has 5 rings (SSSR count). The zero-order valence-electron chi connectivity index (χ0n) is 16.6. The van der Waals surface area contributed by atoms with Crippen molar-refractivity contribution in [2.45, 2.75) is 56.1 Å². The fourth-order valence-corrected chi connectivity index (χ4v) is 5.40. The predicted molar refractivity (Wildman–Crippen MR) is 112 cm³/mol. The Hall–Kier alpha value is -2.40. The number of urea groups is 1. The molecule has 152 valence electrons. The molecule has 2 heterocycles. The van der Waals surface area contributed by atoms with E-state index < -0.39 is 0 Å². The first-order chi connectivity index (χ1) is 14.2. The number of nitrogens with zero attached hydrogens (tertiary/aromatic N) is 1. The number of fused-ring (bicyclic) bond motifs is 2. The SMILES string of the molecule is O=C(NC1CCCCC1)N1[C@@H]2CNC[C@H]1C2c1ccc(-c2ccccc2F)cc1. The summed E-state index contributed by atoms with van der Waals surface area (Å²) in [7, 11) is 0. The van der Waals surface area contributed by atoms with Gasteiger partial charge in [0, 0.05) is 30.6 Å². The van der Waals surface area contributed by atoms with Crippen molar-refractivity contribution < 1.29 is 9.18 Å². The molecule has 2 aromatic carbocycles. The Labute approximate surface area is 171 Å². The summed E-state index contributed by atoms with van der Waals surface area (Å²) in [6.45, 7) is 1.66. The van der Waals surface area contributed by atoms with Crippen LogP contribution >= 0.6 is 0 Å². The van der Waals surface area contributed by atoms with Crippen LogP contribution in [-0.2, 0) is 0 Å². The highest BCUT2D eigenvalue weighted by Gasteiger charge is 2.53. The van der Waals surface area contributed by atoms with Gasteiger partial charge in [-0.15, -0.1) is 0 Å². The molecule has 3 aliphatic rings. The topological polar surface area (TPSA) is 44.4 Å². The minimum Gasteiger partial charge on any atom is -0.335 e. The monoisotopic (exact) mass is 393 g/mol. The number of hydrogen-bond donors (Lipinski definition) is 2. The molecule has 0 aromatic heterocycles. The molecule has 29 heavy (non-hydrogen) atoms. The van der Waals surface area contributed by atoms with Gasteiger partial charge in [-0.2, -0.15) is 0 Å². The third-order valence-electron chi connectivity index (χ3n) is 6.90. The Bertz CT molecular complexity index is 866.